The third kappa shape index (κ3) is 12.5. The predicted octanol–water partition coefficient (Wildman–Crippen LogP) is 3.64. The monoisotopic (exact) mass is 773 g/mol. The van der Waals surface area contributed by atoms with Crippen molar-refractivity contribution in [1.29, 1.82) is 0 Å². The normalized spacial score (nSPS) is 18.4. The van der Waals surface area contributed by atoms with Gasteiger partial charge in [-0.2, -0.15) is 0 Å². The van der Waals surface area contributed by atoms with Crippen LogP contribution in [-0.4, -0.2) is 134 Å². The fraction of sp³-hybridized carbons (Fsp3) is 0.738. The van der Waals surface area contributed by atoms with Gasteiger partial charge in [-0.15, -0.1) is 0 Å². The summed E-state index contributed by atoms with van der Waals surface area (Å²) >= 11 is 0. The van der Waals surface area contributed by atoms with Crippen molar-refractivity contribution in [1.82, 2.24) is 30.7 Å². The Hall–Kier alpha value is -3.55. The van der Waals surface area contributed by atoms with E-state index in [0.717, 1.165) is 18.4 Å². The molecular weight excluding hydrogens is 700 g/mol. The predicted molar refractivity (Wildman–Crippen MR) is 216 cm³/mol. The lowest BCUT2D eigenvalue weighted by molar-refractivity contribution is -0.148. The summed E-state index contributed by atoms with van der Waals surface area (Å²) in [4.78, 5) is 74.2. The van der Waals surface area contributed by atoms with Crippen molar-refractivity contribution >= 4 is 29.5 Å². The molecule has 1 aromatic rings. The number of rotatable bonds is 22. The molecule has 13 nitrogen and oxygen atoms in total. The highest BCUT2D eigenvalue weighted by molar-refractivity contribution is 5.92. The molecule has 3 N–H and O–H groups in total. The Morgan fingerprint density at radius 3 is 2.05 bits per heavy atom. The van der Waals surface area contributed by atoms with Crippen molar-refractivity contribution in [3.63, 3.8) is 0 Å². The Balaban J connectivity index is 2.31. The van der Waals surface area contributed by atoms with Crippen LogP contribution in [0.3, 0.4) is 0 Å². The molecule has 13 heteroatoms. The molecule has 55 heavy (non-hydrogen) atoms. The minimum atomic E-state index is -0.874. The molecule has 1 aliphatic heterocycles. The van der Waals surface area contributed by atoms with Crippen LogP contribution in [0.5, 0.6) is 0 Å². The van der Waals surface area contributed by atoms with Gasteiger partial charge in [-0.3, -0.25) is 24.0 Å². The Morgan fingerprint density at radius 1 is 0.927 bits per heavy atom. The first kappa shape index (κ1) is 47.6. The van der Waals surface area contributed by atoms with Gasteiger partial charge in [0.1, 0.15) is 12.1 Å². The molecule has 1 fully saturated rings. The summed E-state index contributed by atoms with van der Waals surface area (Å²) in [6.07, 6.45) is 1.23. The molecule has 1 aromatic carbocycles. The van der Waals surface area contributed by atoms with E-state index < -0.39 is 41.8 Å². The van der Waals surface area contributed by atoms with Gasteiger partial charge < -0.3 is 40.1 Å². The van der Waals surface area contributed by atoms with E-state index in [4.69, 9.17) is 9.47 Å². The van der Waals surface area contributed by atoms with Crippen LogP contribution in [0.4, 0.5) is 0 Å². The molecule has 5 amide bonds. The molecule has 0 spiro atoms. The number of likely N-dealkylation sites (tertiary alicyclic amines) is 1. The standard InChI is InChI=1S/C42H72N6O7/c1-14-28(6)36(46(11)40(52)35(27(4)5)45-41(53)42(8,9)43-10)33(54-12)26-34(49)48-24-20-23-32(48)37(55-13)29(7)38(50)44-31(39(51)47(15-2)16-3)25-30-21-18-17-19-22-30/h17-19,21-22,27-29,31-33,35-37,43H,14-16,20,23-26H2,1-13H3,(H,44,50)(H,45,53)/t28?,29?,31?,32-,33?,35?,36?,37?/m0/s1. The van der Waals surface area contributed by atoms with Crippen molar-refractivity contribution in [2.75, 3.05) is 47.9 Å². The first-order valence-corrected chi connectivity index (χ1v) is 20.2. The van der Waals surface area contributed by atoms with Crippen molar-refractivity contribution in [2.24, 2.45) is 17.8 Å². The molecule has 8 atom stereocenters. The van der Waals surface area contributed by atoms with Gasteiger partial charge in [0.15, 0.2) is 0 Å². The SMILES string of the molecule is CCC(C)C(C(CC(=O)N1CCC[C@H]1C(OC)C(C)C(=O)NC(Cc1ccccc1)C(=O)N(CC)CC)OC)N(C)C(=O)C(NC(=O)C(C)(C)NC)C(C)C. The lowest BCUT2D eigenvalue weighted by Crippen LogP contribution is -2.61. The van der Waals surface area contributed by atoms with Crippen molar-refractivity contribution in [3.05, 3.63) is 35.9 Å². The number of nitrogens with one attached hydrogen (secondary N) is 3. The molecule has 2 rings (SSSR count). The number of hydrogen-bond acceptors (Lipinski definition) is 8. The zero-order valence-electron chi connectivity index (χ0n) is 35.9. The number of methoxy groups -OCH3 is 2. The van der Waals surface area contributed by atoms with E-state index >= 15 is 0 Å². The van der Waals surface area contributed by atoms with Crippen molar-refractivity contribution in [3.8, 4) is 0 Å². The fourth-order valence-corrected chi connectivity index (χ4v) is 7.58. The summed E-state index contributed by atoms with van der Waals surface area (Å²) in [6, 6.07) is 7.25. The van der Waals surface area contributed by atoms with Crippen LogP contribution in [0, 0.1) is 17.8 Å². The Labute approximate surface area is 331 Å². The number of likely N-dealkylation sites (N-methyl/N-ethyl adjacent to an activating group) is 3. The van der Waals surface area contributed by atoms with E-state index in [2.05, 4.69) is 16.0 Å². The topological polar surface area (TPSA) is 150 Å². The fourth-order valence-electron chi connectivity index (χ4n) is 7.58. The van der Waals surface area contributed by atoms with Gasteiger partial charge in [0.2, 0.25) is 29.5 Å². The minimum absolute atomic E-state index is 0.0135. The smallest absolute Gasteiger partial charge is 0.245 e. The van der Waals surface area contributed by atoms with Gasteiger partial charge >= 0.3 is 0 Å². The van der Waals surface area contributed by atoms with Crippen LogP contribution in [0.2, 0.25) is 0 Å². The van der Waals surface area contributed by atoms with Crippen molar-refractivity contribution < 1.29 is 33.4 Å². The van der Waals surface area contributed by atoms with E-state index in [1.165, 1.54) is 0 Å². The third-order valence-electron chi connectivity index (χ3n) is 11.6. The Morgan fingerprint density at radius 2 is 1.55 bits per heavy atom. The Kier molecular flexibility index (Phi) is 19.3. The molecule has 0 aromatic heterocycles. The van der Waals surface area contributed by atoms with Gasteiger partial charge in [0.25, 0.3) is 0 Å². The molecule has 1 saturated heterocycles. The quantitative estimate of drug-likeness (QED) is 0.162. The molecule has 0 radical (unpaired) electrons. The number of benzene rings is 1. The highest BCUT2D eigenvalue weighted by atomic mass is 16.5. The van der Waals surface area contributed by atoms with Crippen LogP contribution < -0.4 is 16.0 Å². The number of carbonyl (C=O) groups excluding carboxylic acids is 5. The third-order valence-corrected chi connectivity index (χ3v) is 11.6. The summed E-state index contributed by atoms with van der Waals surface area (Å²) in [5.74, 6) is -2.04. The summed E-state index contributed by atoms with van der Waals surface area (Å²) in [6.45, 7) is 18.5. The Bertz CT molecular complexity index is 1390. The van der Waals surface area contributed by atoms with Gasteiger partial charge in [-0.05, 0) is 65.0 Å². The zero-order valence-corrected chi connectivity index (χ0v) is 35.9. The zero-order chi connectivity index (χ0) is 41.6. The van der Waals surface area contributed by atoms with Crippen molar-refractivity contribution in [2.45, 2.75) is 136 Å². The van der Waals surface area contributed by atoms with E-state index in [0.29, 0.717) is 32.5 Å². The molecule has 0 aliphatic carbocycles. The first-order valence-electron chi connectivity index (χ1n) is 20.2. The van der Waals surface area contributed by atoms with Crippen LogP contribution in [0.15, 0.2) is 30.3 Å². The lowest BCUT2D eigenvalue weighted by Gasteiger charge is -2.41. The molecule has 0 saturated carbocycles. The van der Waals surface area contributed by atoms with Gasteiger partial charge in [0.05, 0.1) is 42.2 Å². The second kappa shape index (κ2) is 22.3. The minimum Gasteiger partial charge on any atom is -0.379 e. The van der Waals surface area contributed by atoms with Crippen LogP contribution in [-0.2, 0) is 39.9 Å². The summed E-state index contributed by atoms with van der Waals surface area (Å²) in [7, 11) is 6.53. The van der Waals surface area contributed by atoms with E-state index in [1.54, 1.807) is 63.8 Å². The average molecular weight is 773 g/mol. The van der Waals surface area contributed by atoms with Gasteiger partial charge in [-0.25, -0.2) is 0 Å². The van der Waals surface area contributed by atoms with Gasteiger partial charge in [-0.1, -0.05) is 71.4 Å². The van der Waals surface area contributed by atoms with E-state index in [-0.39, 0.29) is 53.8 Å². The number of carbonyl (C=O) groups is 5. The second-order valence-corrected chi connectivity index (χ2v) is 15.9. The lowest BCUT2D eigenvalue weighted by atomic mass is 9.89. The molecular formula is C42H72N6O7. The highest BCUT2D eigenvalue weighted by Crippen LogP contribution is 2.30. The highest BCUT2D eigenvalue weighted by Gasteiger charge is 2.43. The number of amides is 5. The first-order chi connectivity index (χ1) is 25.9. The number of hydrogen-bond donors (Lipinski definition) is 3. The van der Waals surface area contributed by atoms with E-state index in [1.807, 2.05) is 71.9 Å². The summed E-state index contributed by atoms with van der Waals surface area (Å²) in [5.41, 5.74) is 0.0653. The molecule has 312 valence electrons. The maximum atomic E-state index is 14.3. The number of nitrogens with zero attached hydrogens (tertiary/aromatic N) is 3. The largest absolute Gasteiger partial charge is 0.379 e. The summed E-state index contributed by atoms with van der Waals surface area (Å²) < 4.78 is 12.0. The second-order valence-electron chi connectivity index (χ2n) is 15.9. The van der Waals surface area contributed by atoms with Crippen LogP contribution in [0.1, 0.15) is 93.6 Å². The molecule has 1 heterocycles. The molecule has 7 unspecified atom stereocenters. The molecule has 1 aliphatic rings. The number of ether oxygens (including phenoxy) is 2. The summed E-state index contributed by atoms with van der Waals surface area (Å²) in [5, 5.41) is 8.98. The average Bonchev–Trinajstić information content (AvgIpc) is 3.66. The van der Waals surface area contributed by atoms with Crippen LogP contribution in [0.25, 0.3) is 0 Å². The van der Waals surface area contributed by atoms with E-state index in [9.17, 15) is 24.0 Å². The van der Waals surface area contributed by atoms with Crippen LogP contribution >= 0.6 is 0 Å². The maximum absolute atomic E-state index is 14.3. The molecule has 0 bridgehead atoms. The van der Waals surface area contributed by atoms with Gasteiger partial charge in [0, 0.05) is 47.3 Å². The maximum Gasteiger partial charge on any atom is 0.245 e.